The average molecular weight is 241 g/mol. The smallest absolute Gasteiger partial charge is 0.237 e. The van der Waals surface area contributed by atoms with E-state index in [1.807, 2.05) is 19.0 Å². The van der Waals surface area contributed by atoms with Crippen molar-refractivity contribution in [1.29, 1.82) is 0 Å². The molecule has 0 saturated carbocycles. The number of hydrogen-bond donors (Lipinski definition) is 1. The third kappa shape index (κ3) is 3.96. The summed E-state index contributed by atoms with van der Waals surface area (Å²) in [6.07, 6.45) is 0. The Kier molecular flexibility index (Phi) is 4.55. The standard InChI is InChI=1S/C13H27N3O/c1-10(2)11-7-14-13(3,4)9-16(11)12(17)8-15(5)6/h10-11,14H,7-9H2,1-6H3. The Morgan fingerprint density at radius 3 is 2.53 bits per heavy atom. The molecular formula is C13H27N3O. The zero-order valence-electron chi connectivity index (χ0n) is 12.1. The van der Waals surface area contributed by atoms with Crippen LogP contribution in [-0.2, 0) is 4.79 Å². The molecule has 1 rings (SSSR count). The molecule has 0 spiro atoms. The van der Waals surface area contributed by atoms with Gasteiger partial charge in [0, 0.05) is 24.7 Å². The highest BCUT2D eigenvalue weighted by Crippen LogP contribution is 2.20. The lowest BCUT2D eigenvalue weighted by molar-refractivity contribution is -0.138. The van der Waals surface area contributed by atoms with E-state index in [1.165, 1.54) is 0 Å². The second-order valence-corrected chi connectivity index (χ2v) is 6.34. The molecule has 0 aromatic rings. The Labute approximate surface area is 105 Å². The molecule has 1 unspecified atom stereocenters. The summed E-state index contributed by atoms with van der Waals surface area (Å²) in [6, 6.07) is 0.315. The molecule has 1 N–H and O–H groups in total. The van der Waals surface area contributed by atoms with E-state index in [1.54, 1.807) is 0 Å². The van der Waals surface area contributed by atoms with Crippen molar-refractivity contribution in [3.05, 3.63) is 0 Å². The number of carbonyl (C=O) groups is 1. The molecule has 4 heteroatoms. The number of rotatable bonds is 3. The van der Waals surface area contributed by atoms with Gasteiger partial charge >= 0.3 is 0 Å². The van der Waals surface area contributed by atoms with E-state index in [-0.39, 0.29) is 11.4 Å². The van der Waals surface area contributed by atoms with Crippen LogP contribution in [0.5, 0.6) is 0 Å². The van der Waals surface area contributed by atoms with Gasteiger partial charge in [0.2, 0.25) is 5.91 Å². The molecule has 0 aromatic heterocycles. The first-order valence-electron chi connectivity index (χ1n) is 6.42. The largest absolute Gasteiger partial charge is 0.335 e. The van der Waals surface area contributed by atoms with Crippen molar-refractivity contribution >= 4 is 5.91 Å². The Morgan fingerprint density at radius 2 is 2.06 bits per heavy atom. The van der Waals surface area contributed by atoms with Crippen LogP contribution in [0.1, 0.15) is 27.7 Å². The van der Waals surface area contributed by atoms with Crippen molar-refractivity contribution in [2.75, 3.05) is 33.7 Å². The summed E-state index contributed by atoms with van der Waals surface area (Å²) in [5, 5.41) is 3.52. The van der Waals surface area contributed by atoms with Crippen LogP contribution < -0.4 is 5.32 Å². The molecule has 0 radical (unpaired) electrons. The van der Waals surface area contributed by atoms with Gasteiger partial charge in [-0.05, 0) is 33.9 Å². The van der Waals surface area contributed by atoms with Crippen molar-refractivity contribution in [1.82, 2.24) is 15.1 Å². The molecule has 17 heavy (non-hydrogen) atoms. The quantitative estimate of drug-likeness (QED) is 0.793. The van der Waals surface area contributed by atoms with E-state index in [4.69, 9.17) is 0 Å². The van der Waals surface area contributed by atoms with Gasteiger partial charge < -0.3 is 15.1 Å². The molecule has 1 fully saturated rings. The second-order valence-electron chi connectivity index (χ2n) is 6.34. The molecule has 1 aliphatic rings. The summed E-state index contributed by atoms with van der Waals surface area (Å²) in [5.41, 5.74) is 0.0212. The van der Waals surface area contributed by atoms with Gasteiger partial charge in [0.25, 0.3) is 0 Å². The minimum Gasteiger partial charge on any atom is -0.335 e. The number of nitrogens with one attached hydrogen (secondary N) is 1. The highest BCUT2D eigenvalue weighted by molar-refractivity contribution is 5.78. The molecule has 0 bridgehead atoms. The number of piperazine rings is 1. The predicted octanol–water partition coefficient (Wildman–Crippen LogP) is 0.783. The molecule has 1 heterocycles. The fourth-order valence-electron chi connectivity index (χ4n) is 2.32. The molecule has 1 saturated heterocycles. The Hall–Kier alpha value is -0.610. The molecule has 4 nitrogen and oxygen atoms in total. The number of carbonyl (C=O) groups excluding carboxylic acids is 1. The maximum absolute atomic E-state index is 12.3. The van der Waals surface area contributed by atoms with E-state index >= 15 is 0 Å². The highest BCUT2D eigenvalue weighted by Gasteiger charge is 2.36. The van der Waals surface area contributed by atoms with Crippen molar-refractivity contribution < 1.29 is 4.79 Å². The van der Waals surface area contributed by atoms with Crippen LogP contribution in [-0.4, -0.2) is 61.0 Å². The number of likely N-dealkylation sites (N-methyl/N-ethyl adjacent to an activating group) is 1. The third-order valence-electron chi connectivity index (χ3n) is 3.30. The lowest BCUT2D eigenvalue weighted by atomic mass is 9.93. The summed E-state index contributed by atoms with van der Waals surface area (Å²) in [7, 11) is 3.88. The van der Waals surface area contributed by atoms with Crippen LogP contribution in [0.4, 0.5) is 0 Å². The van der Waals surface area contributed by atoms with E-state index in [0.717, 1.165) is 13.1 Å². The zero-order chi connectivity index (χ0) is 13.2. The molecular weight excluding hydrogens is 214 g/mol. The topological polar surface area (TPSA) is 35.6 Å². The first-order valence-corrected chi connectivity index (χ1v) is 6.42. The van der Waals surface area contributed by atoms with Crippen LogP contribution in [0.25, 0.3) is 0 Å². The SMILES string of the molecule is CC(C)C1CNC(C)(C)CN1C(=O)CN(C)C. The minimum atomic E-state index is 0.0212. The molecule has 100 valence electrons. The fourth-order valence-corrected chi connectivity index (χ4v) is 2.32. The van der Waals surface area contributed by atoms with Crippen LogP contribution in [0.3, 0.4) is 0 Å². The predicted molar refractivity (Wildman–Crippen MR) is 71.0 cm³/mol. The number of amides is 1. The maximum atomic E-state index is 12.3. The van der Waals surface area contributed by atoms with Gasteiger partial charge in [-0.25, -0.2) is 0 Å². The first-order chi connectivity index (χ1) is 7.73. The minimum absolute atomic E-state index is 0.0212. The van der Waals surface area contributed by atoms with Crippen molar-refractivity contribution in [3.8, 4) is 0 Å². The zero-order valence-corrected chi connectivity index (χ0v) is 12.1. The molecule has 1 amide bonds. The Bertz CT molecular complexity index is 274. The van der Waals surface area contributed by atoms with Gasteiger partial charge in [-0.1, -0.05) is 13.8 Å². The van der Waals surface area contributed by atoms with E-state index in [2.05, 4.69) is 37.9 Å². The van der Waals surface area contributed by atoms with E-state index in [9.17, 15) is 4.79 Å². The lowest BCUT2D eigenvalue weighted by Crippen LogP contribution is -2.65. The van der Waals surface area contributed by atoms with Gasteiger partial charge in [-0.3, -0.25) is 4.79 Å². The number of nitrogens with zero attached hydrogens (tertiary/aromatic N) is 2. The normalized spacial score (nSPS) is 24.5. The molecule has 1 atom stereocenters. The first kappa shape index (κ1) is 14.5. The van der Waals surface area contributed by atoms with Crippen LogP contribution in [0.2, 0.25) is 0 Å². The summed E-state index contributed by atoms with van der Waals surface area (Å²) in [6.45, 7) is 10.9. The lowest BCUT2D eigenvalue weighted by Gasteiger charge is -2.46. The third-order valence-corrected chi connectivity index (χ3v) is 3.30. The van der Waals surface area contributed by atoms with Crippen LogP contribution in [0, 0.1) is 5.92 Å². The monoisotopic (exact) mass is 241 g/mol. The summed E-state index contributed by atoms with van der Waals surface area (Å²) >= 11 is 0. The Morgan fingerprint density at radius 1 is 1.47 bits per heavy atom. The van der Waals surface area contributed by atoms with E-state index < -0.39 is 0 Å². The molecule has 1 aliphatic heterocycles. The fraction of sp³-hybridized carbons (Fsp3) is 0.923. The average Bonchev–Trinajstić information content (AvgIpc) is 2.14. The second kappa shape index (κ2) is 5.36. The molecule has 0 aromatic carbocycles. The van der Waals surface area contributed by atoms with Gasteiger partial charge in [-0.15, -0.1) is 0 Å². The number of hydrogen-bond acceptors (Lipinski definition) is 3. The van der Waals surface area contributed by atoms with Crippen molar-refractivity contribution in [3.63, 3.8) is 0 Å². The van der Waals surface area contributed by atoms with Gasteiger partial charge in [-0.2, -0.15) is 0 Å². The van der Waals surface area contributed by atoms with Crippen LogP contribution >= 0.6 is 0 Å². The highest BCUT2D eigenvalue weighted by atomic mass is 16.2. The summed E-state index contributed by atoms with van der Waals surface area (Å²) in [5.74, 6) is 0.730. The molecule has 0 aliphatic carbocycles. The van der Waals surface area contributed by atoms with Gasteiger partial charge in [0.05, 0.1) is 6.54 Å². The maximum Gasteiger partial charge on any atom is 0.237 e. The summed E-state index contributed by atoms with van der Waals surface area (Å²) < 4.78 is 0. The Balaban J connectivity index is 2.77. The summed E-state index contributed by atoms with van der Waals surface area (Å²) in [4.78, 5) is 16.3. The van der Waals surface area contributed by atoms with Crippen LogP contribution in [0.15, 0.2) is 0 Å². The van der Waals surface area contributed by atoms with Gasteiger partial charge in [0.15, 0.2) is 0 Å². The van der Waals surface area contributed by atoms with Gasteiger partial charge in [0.1, 0.15) is 0 Å². The van der Waals surface area contributed by atoms with Crippen molar-refractivity contribution in [2.45, 2.75) is 39.3 Å². The van der Waals surface area contributed by atoms with E-state index in [0.29, 0.717) is 18.5 Å². The van der Waals surface area contributed by atoms with Crippen molar-refractivity contribution in [2.24, 2.45) is 5.92 Å².